The first kappa shape index (κ1) is 17.7. The van der Waals surface area contributed by atoms with E-state index in [9.17, 15) is 9.59 Å². The summed E-state index contributed by atoms with van der Waals surface area (Å²) < 4.78 is 0. The van der Waals surface area contributed by atoms with Crippen LogP contribution >= 0.6 is 0 Å². The van der Waals surface area contributed by atoms with Crippen molar-refractivity contribution in [3.05, 3.63) is 65.5 Å². The SMILES string of the molecule is CCc1ccc(C(=O)NN(C(=O)c2ccccn2)C(C)(C)C)cc1. The molecule has 2 aromatic rings. The molecular weight excluding hydrogens is 302 g/mol. The third kappa shape index (κ3) is 4.19. The fourth-order valence-corrected chi connectivity index (χ4v) is 2.18. The van der Waals surface area contributed by atoms with Gasteiger partial charge >= 0.3 is 0 Å². The summed E-state index contributed by atoms with van der Waals surface area (Å²) in [7, 11) is 0. The number of carbonyl (C=O) groups excluding carboxylic acids is 2. The molecule has 0 aliphatic rings. The van der Waals surface area contributed by atoms with E-state index in [4.69, 9.17) is 0 Å². The number of carbonyl (C=O) groups is 2. The van der Waals surface area contributed by atoms with Gasteiger partial charge in [0.2, 0.25) is 0 Å². The van der Waals surface area contributed by atoms with Crippen LogP contribution in [0, 0.1) is 0 Å². The van der Waals surface area contributed by atoms with Gasteiger partial charge in [-0.05, 0) is 57.0 Å². The molecule has 0 aliphatic heterocycles. The molecule has 0 spiro atoms. The maximum Gasteiger partial charge on any atom is 0.291 e. The molecule has 24 heavy (non-hydrogen) atoms. The van der Waals surface area contributed by atoms with Gasteiger partial charge < -0.3 is 0 Å². The van der Waals surface area contributed by atoms with E-state index < -0.39 is 5.54 Å². The molecule has 5 heteroatoms. The summed E-state index contributed by atoms with van der Waals surface area (Å²) in [5, 5.41) is 1.32. The minimum Gasteiger partial charge on any atom is -0.267 e. The molecule has 0 unspecified atom stereocenters. The van der Waals surface area contributed by atoms with Crippen LogP contribution in [-0.4, -0.2) is 27.3 Å². The van der Waals surface area contributed by atoms with Gasteiger partial charge in [-0.3, -0.25) is 20.0 Å². The van der Waals surface area contributed by atoms with Crippen LogP contribution in [0.15, 0.2) is 48.7 Å². The van der Waals surface area contributed by atoms with E-state index in [1.165, 1.54) is 5.01 Å². The van der Waals surface area contributed by atoms with Gasteiger partial charge in [-0.15, -0.1) is 0 Å². The summed E-state index contributed by atoms with van der Waals surface area (Å²) in [5.41, 5.74) is 4.08. The number of aryl methyl sites for hydroxylation is 1. The lowest BCUT2D eigenvalue weighted by molar-refractivity contribution is 0.0353. The van der Waals surface area contributed by atoms with Gasteiger partial charge in [-0.25, -0.2) is 5.01 Å². The van der Waals surface area contributed by atoms with E-state index in [-0.39, 0.29) is 17.5 Å². The molecule has 0 radical (unpaired) electrons. The Morgan fingerprint density at radius 2 is 1.75 bits per heavy atom. The van der Waals surface area contributed by atoms with E-state index in [0.29, 0.717) is 5.56 Å². The molecule has 0 aliphatic carbocycles. The van der Waals surface area contributed by atoms with Crippen LogP contribution in [-0.2, 0) is 6.42 Å². The lowest BCUT2D eigenvalue weighted by Crippen LogP contribution is -2.56. The van der Waals surface area contributed by atoms with E-state index in [1.54, 1.807) is 36.5 Å². The van der Waals surface area contributed by atoms with E-state index in [2.05, 4.69) is 17.3 Å². The normalized spacial score (nSPS) is 11.0. The van der Waals surface area contributed by atoms with Gasteiger partial charge in [-0.1, -0.05) is 25.1 Å². The highest BCUT2D eigenvalue weighted by Crippen LogP contribution is 2.15. The fourth-order valence-electron chi connectivity index (χ4n) is 2.18. The van der Waals surface area contributed by atoms with E-state index in [1.807, 2.05) is 32.9 Å². The van der Waals surface area contributed by atoms with Crippen molar-refractivity contribution in [2.75, 3.05) is 0 Å². The van der Waals surface area contributed by atoms with Gasteiger partial charge in [0.15, 0.2) is 0 Å². The van der Waals surface area contributed by atoms with Crippen LogP contribution in [0.4, 0.5) is 0 Å². The molecule has 2 amide bonds. The molecule has 1 N–H and O–H groups in total. The maximum atomic E-state index is 12.7. The predicted octanol–water partition coefficient (Wildman–Crippen LogP) is 3.23. The number of hydrogen-bond acceptors (Lipinski definition) is 3. The van der Waals surface area contributed by atoms with E-state index in [0.717, 1.165) is 12.0 Å². The number of amides is 2. The average molecular weight is 325 g/mol. The highest BCUT2D eigenvalue weighted by molar-refractivity contribution is 5.98. The molecule has 0 atom stereocenters. The van der Waals surface area contributed by atoms with Crippen molar-refractivity contribution >= 4 is 11.8 Å². The standard InChI is InChI=1S/C19H23N3O2/c1-5-14-9-11-15(12-10-14)17(23)21-22(19(2,3)4)18(24)16-8-6-7-13-20-16/h6-13H,5H2,1-4H3,(H,21,23). The van der Waals surface area contributed by atoms with Crippen molar-refractivity contribution in [3.63, 3.8) is 0 Å². The van der Waals surface area contributed by atoms with Crippen molar-refractivity contribution in [2.24, 2.45) is 0 Å². The first-order valence-corrected chi connectivity index (χ1v) is 7.98. The zero-order valence-electron chi connectivity index (χ0n) is 14.5. The minimum atomic E-state index is -0.590. The summed E-state index contributed by atoms with van der Waals surface area (Å²) in [6.45, 7) is 7.62. The molecule has 1 aromatic heterocycles. The largest absolute Gasteiger partial charge is 0.291 e. The molecular formula is C19H23N3O2. The molecule has 0 bridgehead atoms. The number of hydrazine groups is 1. The van der Waals surface area contributed by atoms with Crippen molar-refractivity contribution in [2.45, 2.75) is 39.7 Å². The Bertz CT molecular complexity index is 704. The summed E-state index contributed by atoms with van der Waals surface area (Å²) >= 11 is 0. The summed E-state index contributed by atoms with van der Waals surface area (Å²) in [4.78, 5) is 29.3. The number of hydrogen-bond donors (Lipinski definition) is 1. The molecule has 1 heterocycles. The lowest BCUT2D eigenvalue weighted by Gasteiger charge is -2.35. The van der Waals surface area contributed by atoms with Crippen LogP contribution in [0.1, 0.15) is 54.1 Å². The van der Waals surface area contributed by atoms with Gasteiger partial charge in [0.1, 0.15) is 5.69 Å². The molecule has 0 saturated heterocycles. The topological polar surface area (TPSA) is 62.3 Å². The first-order chi connectivity index (χ1) is 11.3. The molecule has 2 rings (SSSR count). The monoisotopic (exact) mass is 325 g/mol. The van der Waals surface area contributed by atoms with E-state index >= 15 is 0 Å². The predicted molar refractivity (Wildman–Crippen MR) is 93.4 cm³/mol. The Morgan fingerprint density at radius 3 is 2.25 bits per heavy atom. The van der Waals surface area contributed by atoms with Crippen molar-refractivity contribution in [1.82, 2.24) is 15.4 Å². The molecule has 1 aromatic carbocycles. The Balaban J connectivity index is 2.22. The second-order valence-corrected chi connectivity index (χ2v) is 6.52. The highest BCUT2D eigenvalue weighted by Gasteiger charge is 2.30. The van der Waals surface area contributed by atoms with Gasteiger partial charge in [-0.2, -0.15) is 0 Å². The minimum absolute atomic E-state index is 0.286. The average Bonchev–Trinajstić information content (AvgIpc) is 2.58. The third-order valence-electron chi connectivity index (χ3n) is 3.60. The molecule has 5 nitrogen and oxygen atoms in total. The Morgan fingerprint density at radius 1 is 1.08 bits per heavy atom. The van der Waals surface area contributed by atoms with Gasteiger partial charge in [0.25, 0.3) is 11.8 Å². The number of pyridine rings is 1. The zero-order valence-corrected chi connectivity index (χ0v) is 14.5. The lowest BCUT2D eigenvalue weighted by atomic mass is 10.1. The molecule has 126 valence electrons. The number of nitrogens with one attached hydrogen (secondary N) is 1. The number of nitrogens with zero attached hydrogens (tertiary/aromatic N) is 2. The van der Waals surface area contributed by atoms with Crippen LogP contribution in [0.25, 0.3) is 0 Å². The number of benzene rings is 1. The summed E-state index contributed by atoms with van der Waals surface area (Å²) in [6, 6.07) is 12.5. The first-order valence-electron chi connectivity index (χ1n) is 7.98. The maximum absolute atomic E-state index is 12.7. The van der Waals surface area contributed by atoms with Crippen LogP contribution in [0.2, 0.25) is 0 Å². The Kier molecular flexibility index (Phi) is 5.34. The van der Waals surface area contributed by atoms with Gasteiger partial charge in [0, 0.05) is 11.8 Å². The fraction of sp³-hybridized carbons (Fsp3) is 0.316. The van der Waals surface area contributed by atoms with Crippen LogP contribution < -0.4 is 5.43 Å². The quantitative estimate of drug-likeness (QED) is 0.881. The Labute approximate surface area is 142 Å². The smallest absolute Gasteiger partial charge is 0.267 e. The van der Waals surface area contributed by atoms with Crippen LogP contribution in [0.5, 0.6) is 0 Å². The summed E-state index contributed by atoms with van der Waals surface area (Å²) in [5.74, 6) is -0.668. The number of aromatic nitrogens is 1. The van der Waals surface area contributed by atoms with Crippen molar-refractivity contribution in [3.8, 4) is 0 Å². The van der Waals surface area contributed by atoms with Crippen molar-refractivity contribution < 1.29 is 9.59 Å². The second kappa shape index (κ2) is 7.25. The summed E-state index contributed by atoms with van der Waals surface area (Å²) in [6.07, 6.45) is 2.47. The Hall–Kier alpha value is -2.69. The number of rotatable bonds is 3. The van der Waals surface area contributed by atoms with Gasteiger partial charge in [0.05, 0.1) is 5.54 Å². The zero-order chi connectivity index (χ0) is 17.7. The third-order valence-corrected chi connectivity index (χ3v) is 3.60. The van der Waals surface area contributed by atoms with Crippen molar-refractivity contribution in [1.29, 1.82) is 0 Å². The molecule has 0 fully saturated rings. The van der Waals surface area contributed by atoms with Crippen LogP contribution in [0.3, 0.4) is 0 Å². The molecule has 0 saturated carbocycles. The highest BCUT2D eigenvalue weighted by atomic mass is 16.2. The second-order valence-electron chi connectivity index (χ2n) is 6.52.